The summed E-state index contributed by atoms with van der Waals surface area (Å²) in [5, 5.41) is 5.35. The van der Waals surface area contributed by atoms with E-state index in [0.29, 0.717) is 6.54 Å². The lowest BCUT2D eigenvalue weighted by atomic mass is 10.2. The predicted octanol–water partition coefficient (Wildman–Crippen LogP) is 2.89. The molecule has 0 unspecified atom stereocenters. The molecule has 0 amide bonds. The molecule has 1 aliphatic rings. The topological polar surface area (TPSA) is 34.0 Å². The number of benzene rings is 1. The van der Waals surface area contributed by atoms with Gasteiger partial charge >= 0.3 is 0 Å². The summed E-state index contributed by atoms with van der Waals surface area (Å²) >= 11 is 8.65. The molecule has 0 radical (unpaired) electrons. The Hall–Kier alpha value is -1.05. The highest BCUT2D eigenvalue weighted by atomic mass is 32.2. The van der Waals surface area contributed by atoms with E-state index in [2.05, 4.69) is 27.1 Å². The summed E-state index contributed by atoms with van der Waals surface area (Å²) in [5.74, 6) is 1.87. The third kappa shape index (κ3) is 2.84. The van der Waals surface area contributed by atoms with E-state index in [4.69, 9.17) is 12.2 Å². The smallest absolute Gasteiger partial charge is 0.230 e. The molecule has 7 heteroatoms. The first-order valence-electron chi connectivity index (χ1n) is 6.25. The molecule has 1 aliphatic heterocycles. The molecule has 0 N–H and O–H groups in total. The fourth-order valence-electron chi connectivity index (χ4n) is 2.04. The van der Waals surface area contributed by atoms with Crippen molar-refractivity contribution in [3.63, 3.8) is 0 Å². The summed E-state index contributed by atoms with van der Waals surface area (Å²) in [7, 11) is 0. The van der Waals surface area contributed by atoms with Gasteiger partial charge in [-0.3, -0.25) is 4.90 Å². The number of thioether (sulfide) groups is 2. The molecule has 4 nitrogen and oxygen atoms in total. The minimum atomic E-state index is 0.716. The molecule has 0 bridgehead atoms. The van der Waals surface area contributed by atoms with Gasteiger partial charge in [0.25, 0.3) is 0 Å². The lowest BCUT2D eigenvalue weighted by Crippen LogP contribution is -2.26. The zero-order valence-electron chi connectivity index (χ0n) is 11.0. The van der Waals surface area contributed by atoms with E-state index in [9.17, 15) is 0 Å². The minimum Gasteiger partial charge on any atom is -0.295 e. The van der Waals surface area contributed by atoms with Crippen molar-refractivity contribution in [2.45, 2.75) is 11.7 Å². The van der Waals surface area contributed by atoms with Gasteiger partial charge in [-0.1, -0.05) is 66.1 Å². The van der Waals surface area contributed by atoms with Gasteiger partial charge in [-0.05, 0) is 11.8 Å². The number of hydrogen-bond donors (Lipinski definition) is 0. The number of anilines is 1. The van der Waals surface area contributed by atoms with E-state index in [-0.39, 0.29) is 0 Å². The van der Waals surface area contributed by atoms with Crippen LogP contribution in [0.2, 0.25) is 0 Å². The van der Waals surface area contributed by atoms with Crippen LogP contribution in [0.3, 0.4) is 0 Å². The highest BCUT2D eigenvalue weighted by Crippen LogP contribution is 2.26. The van der Waals surface area contributed by atoms with Crippen LogP contribution in [-0.2, 0) is 6.54 Å². The molecular formula is C13H14N4S3. The highest BCUT2D eigenvalue weighted by Gasteiger charge is 2.25. The standard InChI is InChI=1S/C13H14N4S3/c1-19-11-14-12(16-7-8-20-13(16)18)17(15-11)9-10-5-3-2-4-6-10/h2-6H,7-9H2,1H3. The van der Waals surface area contributed by atoms with Gasteiger partial charge in [-0.25, -0.2) is 4.68 Å². The maximum Gasteiger partial charge on any atom is 0.230 e. The Morgan fingerprint density at radius 1 is 1.35 bits per heavy atom. The van der Waals surface area contributed by atoms with E-state index >= 15 is 0 Å². The van der Waals surface area contributed by atoms with Crippen LogP contribution in [0.15, 0.2) is 35.5 Å². The molecule has 2 aromatic rings. The SMILES string of the molecule is CSc1nc(N2CCSC2=S)n(Cc2ccccc2)n1. The van der Waals surface area contributed by atoms with Crippen molar-refractivity contribution in [3.05, 3.63) is 35.9 Å². The van der Waals surface area contributed by atoms with Crippen molar-refractivity contribution in [1.82, 2.24) is 14.8 Å². The van der Waals surface area contributed by atoms with Gasteiger partial charge in [-0.2, -0.15) is 4.98 Å². The van der Waals surface area contributed by atoms with Crippen LogP contribution in [0.5, 0.6) is 0 Å². The molecular weight excluding hydrogens is 308 g/mol. The predicted molar refractivity (Wildman–Crippen MR) is 89.7 cm³/mol. The Morgan fingerprint density at radius 2 is 2.15 bits per heavy atom. The van der Waals surface area contributed by atoms with Crippen molar-refractivity contribution in [3.8, 4) is 0 Å². The summed E-state index contributed by atoms with van der Waals surface area (Å²) in [6.45, 7) is 1.62. The zero-order valence-corrected chi connectivity index (χ0v) is 13.5. The second-order valence-electron chi connectivity index (χ2n) is 4.31. The third-order valence-electron chi connectivity index (χ3n) is 2.99. The average Bonchev–Trinajstić information content (AvgIpc) is 3.06. The molecule has 3 rings (SSSR count). The van der Waals surface area contributed by atoms with Crippen molar-refractivity contribution in [1.29, 1.82) is 0 Å². The number of aromatic nitrogens is 3. The van der Waals surface area contributed by atoms with Crippen LogP contribution in [0.4, 0.5) is 5.95 Å². The summed E-state index contributed by atoms with van der Waals surface area (Å²) in [6, 6.07) is 10.3. The Balaban J connectivity index is 1.93. The molecule has 1 aromatic carbocycles. The average molecular weight is 322 g/mol. The lowest BCUT2D eigenvalue weighted by Gasteiger charge is -2.16. The molecule has 0 aliphatic carbocycles. The van der Waals surface area contributed by atoms with Crippen LogP contribution in [0.1, 0.15) is 5.56 Å². The number of hydrogen-bond acceptors (Lipinski definition) is 5. The van der Waals surface area contributed by atoms with Gasteiger partial charge in [0.2, 0.25) is 11.1 Å². The lowest BCUT2D eigenvalue weighted by molar-refractivity contribution is 0.664. The molecule has 1 fully saturated rings. The summed E-state index contributed by atoms with van der Waals surface area (Å²) in [6.07, 6.45) is 1.99. The maximum absolute atomic E-state index is 5.39. The maximum atomic E-state index is 5.39. The first-order chi connectivity index (χ1) is 9.78. The second kappa shape index (κ2) is 6.15. The molecule has 20 heavy (non-hydrogen) atoms. The van der Waals surface area contributed by atoms with E-state index in [0.717, 1.165) is 27.7 Å². The second-order valence-corrected chi connectivity index (χ2v) is 6.81. The van der Waals surface area contributed by atoms with Crippen molar-refractivity contribution < 1.29 is 0 Å². The molecule has 2 heterocycles. The van der Waals surface area contributed by atoms with Gasteiger partial charge in [0.05, 0.1) is 6.54 Å². The first-order valence-corrected chi connectivity index (χ1v) is 8.87. The van der Waals surface area contributed by atoms with E-state index < -0.39 is 0 Å². The number of thiocarbonyl (C=S) groups is 1. The number of rotatable bonds is 4. The monoisotopic (exact) mass is 322 g/mol. The normalized spacial score (nSPS) is 15.1. The molecule has 0 atom stereocenters. The van der Waals surface area contributed by atoms with Gasteiger partial charge in [0.1, 0.15) is 4.32 Å². The Kier molecular flexibility index (Phi) is 4.28. The minimum absolute atomic E-state index is 0.716. The molecule has 1 saturated heterocycles. The summed E-state index contributed by atoms with van der Waals surface area (Å²) in [4.78, 5) is 6.68. The first kappa shape index (κ1) is 13.9. The zero-order chi connectivity index (χ0) is 13.9. The van der Waals surface area contributed by atoms with Crippen LogP contribution < -0.4 is 4.90 Å². The fraction of sp³-hybridized carbons (Fsp3) is 0.308. The molecule has 0 spiro atoms. The van der Waals surface area contributed by atoms with E-state index in [1.165, 1.54) is 5.56 Å². The van der Waals surface area contributed by atoms with Crippen molar-refractivity contribution in [2.24, 2.45) is 0 Å². The Labute approximate surface area is 131 Å². The Morgan fingerprint density at radius 3 is 2.80 bits per heavy atom. The summed E-state index contributed by atoms with van der Waals surface area (Å²) < 4.78 is 2.83. The van der Waals surface area contributed by atoms with Crippen LogP contribution in [-0.4, -0.2) is 37.6 Å². The van der Waals surface area contributed by atoms with E-state index in [1.807, 2.05) is 29.1 Å². The van der Waals surface area contributed by atoms with Crippen molar-refractivity contribution >= 4 is 46.0 Å². The summed E-state index contributed by atoms with van der Waals surface area (Å²) in [5.41, 5.74) is 1.21. The molecule has 104 valence electrons. The fourth-order valence-corrected chi connectivity index (χ4v) is 3.59. The quantitative estimate of drug-likeness (QED) is 0.636. The van der Waals surface area contributed by atoms with Gasteiger partial charge in [0, 0.05) is 12.3 Å². The van der Waals surface area contributed by atoms with Crippen LogP contribution in [0, 0.1) is 0 Å². The van der Waals surface area contributed by atoms with Gasteiger partial charge in [0.15, 0.2) is 0 Å². The Bertz CT molecular complexity index is 611. The van der Waals surface area contributed by atoms with Gasteiger partial charge < -0.3 is 0 Å². The van der Waals surface area contributed by atoms with Gasteiger partial charge in [-0.15, -0.1) is 5.10 Å². The highest BCUT2D eigenvalue weighted by molar-refractivity contribution is 8.23. The van der Waals surface area contributed by atoms with E-state index in [1.54, 1.807) is 23.5 Å². The van der Waals surface area contributed by atoms with Crippen LogP contribution in [0.25, 0.3) is 0 Å². The number of nitrogens with zero attached hydrogens (tertiary/aromatic N) is 4. The molecule has 1 aromatic heterocycles. The largest absolute Gasteiger partial charge is 0.295 e. The molecule has 0 saturated carbocycles. The third-order valence-corrected chi connectivity index (χ3v) is 4.96. The van der Waals surface area contributed by atoms with Crippen molar-refractivity contribution in [2.75, 3.05) is 23.5 Å². The van der Waals surface area contributed by atoms with Crippen LogP contribution >= 0.6 is 35.7 Å².